The predicted molar refractivity (Wildman–Crippen MR) is 76.9 cm³/mol. The molecule has 0 fully saturated rings. The van der Waals surface area contributed by atoms with Gasteiger partial charge in [-0.25, -0.2) is 9.97 Å². The van der Waals surface area contributed by atoms with Crippen molar-refractivity contribution in [2.24, 2.45) is 0 Å². The van der Waals surface area contributed by atoms with Gasteiger partial charge in [-0.3, -0.25) is 0 Å². The molecular weight excluding hydrogens is 232 g/mol. The summed E-state index contributed by atoms with van der Waals surface area (Å²) in [5.74, 6) is 1.01. The molecule has 0 bridgehead atoms. The third-order valence-electron chi connectivity index (χ3n) is 3.64. The van der Waals surface area contributed by atoms with Crippen LogP contribution in [0.1, 0.15) is 22.9 Å². The highest BCUT2D eigenvalue weighted by Crippen LogP contribution is 2.36. The number of benzene rings is 2. The van der Waals surface area contributed by atoms with E-state index in [2.05, 4.69) is 58.5 Å². The molecule has 0 spiro atoms. The summed E-state index contributed by atoms with van der Waals surface area (Å²) in [6.07, 6.45) is 7.97. The Balaban J connectivity index is 2.01. The van der Waals surface area contributed by atoms with Gasteiger partial charge in [0.15, 0.2) is 0 Å². The maximum absolute atomic E-state index is 4.40. The van der Waals surface area contributed by atoms with E-state index in [1.54, 1.807) is 12.4 Å². The normalized spacial score (nSPS) is 16.7. The molecule has 0 saturated heterocycles. The molecular formula is C17H12N2. The highest BCUT2D eigenvalue weighted by atomic mass is 14.9. The predicted octanol–water partition coefficient (Wildman–Crippen LogP) is 3.79. The molecule has 2 heteroatoms. The lowest BCUT2D eigenvalue weighted by Gasteiger charge is -2.20. The summed E-state index contributed by atoms with van der Waals surface area (Å²) < 4.78 is 0. The van der Waals surface area contributed by atoms with Crippen molar-refractivity contribution in [3.63, 3.8) is 0 Å². The first-order valence-corrected chi connectivity index (χ1v) is 6.40. The smallest absolute Gasteiger partial charge is 0.139 e. The molecule has 1 unspecified atom stereocenters. The summed E-state index contributed by atoms with van der Waals surface area (Å²) in [4.78, 5) is 8.80. The second kappa shape index (κ2) is 4.02. The van der Waals surface area contributed by atoms with Gasteiger partial charge >= 0.3 is 0 Å². The van der Waals surface area contributed by atoms with Crippen LogP contribution in [0, 0.1) is 0 Å². The van der Waals surface area contributed by atoms with E-state index in [-0.39, 0.29) is 5.92 Å². The number of hydrogen-bond acceptors (Lipinski definition) is 2. The highest BCUT2D eigenvalue weighted by molar-refractivity contribution is 5.96. The monoisotopic (exact) mass is 244 g/mol. The van der Waals surface area contributed by atoms with Crippen LogP contribution in [0.5, 0.6) is 0 Å². The second-order valence-corrected chi connectivity index (χ2v) is 4.74. The topological polar surface area (TPSA) is 25.8 Å². The van der Waals surface area contributed by atoms with Crippen LogP contribution in [-0.4, -0.2) is 9.97 Å². The minimum atomic E-state index is 0.153. The van der Waals surface area contributed by atoms with E-state index in [1.807, 2.05) is 6.07 Å². The molecule has 0 N–H and O–H groups in total. The molecule has 1 aliphatic carbocycles. The standard InChI is InChI=1S/C17H12N2/c1-4-12-6-2-7-14-15(17-18-10-3-11-19-17)9-8-13(5-1)16(12)14/h1-11,15H. The third-order valence-corrected chi connectivity index (χ3v) is 3.64. The first-order chi connectivity index (χ1) is 9.43. The number of allylic oxidation sites excluding steroid dienone is 1. The third kappa shape index (κ3) is 1.57. The Hall–Kier alpha value is -2.48. The van der Waals surface area contributed by atoms with Crippen LogP contribution in [0.25, 0.3) is 16.8 Å². The molecule has 0 radical (unpaired) electrons. The fourth-order valence-corrected chi connectivity index (χ4v) is 2.80. The van der Waals surface area contributed by atoms with E-state index in [4.69, 9.17) is 0 Å². The van der Waals surface area contributed by atoms with Crippen molar-refractivity contribution in [3.8, 4) is 0 Å². The van der Waals surface area contributed by atoms with Gasteiger partial charge in [0.25, 0.3) is 0 Å². The van der Waals surface area contributed by atoms with E-state index in [0.717, 1.165) is 5.82 Å². The minimum absolute atomic E-state index is 0.153. The molecule has 19 heavy (non-hydrogen) atoms. The summed E-state index contributed by atoms with van der Waals surface area (Å²) in [7, 11) is 0. The van der Waals surface area contributed by atoms with E-state index < -0.39 is 0 Å². The zero-order valence-electron chi connectivity index (χ0n) is 10.3. The number of rotatable bonds is 1. The van der Waals surface area contributed by atoms with Crippen molar-refractivity contribution in [2.75, 3.05) is 0 Å². The van der Waals surface area contributed by atoms with Crippen LogP contribution >= 0.6 is 0 Å². The summed E-state index contributed by atoms with van der Waals surface area (Å²) in [6.45, 7) is 0. The average Bonchev–Trinajstić information content (AvgIpc) is 2.49. The van der Waals surface area contributed by atoms with Crippen LogP contribution in [-0.2, 0) is 0 Å². The molecule has 0 aliphatic heterocycles. The van der Waals surface area contributed by atoms with E-state index in [9.17, 15) is 0 Å². The van der Waals surface area contributed by atoms with Gasteiger partial charge in [-0.1, -0.05) is 48.6 Å². The largest absolute Gasteiger partial charge is 0.240 e. The van der Waals surface area contributed by atoms with Crippen LogP contribution in [0.2, 0.25) is 0 Å². The first-order valence-electron chi connectivity index (χ1n) is 6.40. The van der Waals surface area contributed by atoms with E-state index >= 15 is 0 Å². The van der Waals surface area contributed by atoms with Gasteiger partial charge in [0.05, 0.1) is 5.92 Å². The zero-order chi connectivity index (χ0) is 12.7. The summed E-state index contributed by atoms with van der Waals surface area (Å²) >= 11 is 0. The average molecular weight is 244 g/mol. The van der Waals surface area contributed by atoms with Crippen LogP contribution < -0.4 is 0 Å². The Kier molecular flexibility index (Phi) is 2.21. The lowest BCUT2D eigenvalue weighted by molar-refractivity contribution is 0.886. The fraction of sp³-hybridized carbons (Fsp3) is 0.0588. The Morgan fingerprint density at radius 2 is 1.63 bits per heavy atom. The van der Waals surface area contributed by atoms with Crippen molar-refractivity contribution in [1.29, 1.82) is 0 Å². The van der Waals surface area contributed by atoms with Gasteiger partial charge in [0.1, 0.15) is 5.82 Å². The van der Waals surface area contributed by atoms with Crippen LogP contribution in [0.4, 0.5) is 0 Å². The van der Waals surface area contributed by atoms with Gasteiger partial charge in [-0.05, 0) is 28.0 Å². The molecule has 2 aromatic carbocycles. The van der Waals surface area contributed by atoms with Crippen molar-refractivity contribution >= 4 is 16.8 Å². The number of hydrogen-bond donors (Lipinski definition) is 0. The molecule has 1 heterocycles. The van der Waals surface area contributed by atoms with Crippen LogP contribution in [0.15, 0.2) is 60.9 Å². The minimum Gasteiger partial charge on any atom is -0.240 e. The molecule has 0 amide bonds. The maximum atomic E-state index is 4.40. The molecule has 2 nitrogen and oxygen atoms in total. The Morgan fingerprint density at radius 3 is 2.47 bits per heavy atom. The SMILES string of the molecule is C1=CC(c2ncccn2)c2cccc3cccc1c23. The first kappa shape index (κ1) is 10.4. The van der Waals surface area contributed by atoms with Gasteiger partial charge < -0.3 is 0 Å². The lowest BCUT2D eigenvalue weighted by atomic mass is 9.85. The Morgan fingerprint density at radius 1 is 0.842 bits per heavy atom. The van der Waals surface area contributed by atoms with E-state index in [0.29, 0.717) is 0 Å². The lowest BCUT2D eigenvalue weighted by Crippen LogP contribution is -2.06. The molecule has 4 rings (SSSR count). The molecule has 1 aromatic heterocycles. The summed E-state index contributed by atoms with van der Waals surface area (Å²) in [6, 6.07) is 14.7. The van der Waals surface area contributed by atoms with Gasteiger partial charge in [-0.15, -0.1) is 0 Å². The molecule has 90 valence electrons. The van der Waals surface area contributed by atoms with Crippen molar-refractivity contribution in [1.82, 2.24) is 9.97 Å². The molecule has 1 atom stereocenters. The molecule has 0 saturated carbocycles. The van der Waals surface area contributed by atoms with Gasteiger partial charge in [0.2, 0.25) is 0 Å². The Bertz CT molecular complexity index is 770. The molecule has 1 aliphatic rings. The zero-order valence-corrected chi connectivity index (χ0v) is 10.3. The Labute approximate surface area is 111 Å². The van der Waals surface area contributed by atoms with Crippen molar-refractivity contribution in [2.45, 2.75) is 5.92 Å². The maximum Gasteiger partial charge on any atom is 0.139 e. The second-order valence-electron chi connectivity index (χ2n) is 4.74. The molecule has 3 aromatic rings. The quantitative estimate of drug-likeness (QED) is 0.651. The number of nitrogens with zero attached hydrogens (tertiary/aromatic N) is 2. The highest BCUT2D eigenvalue weighted by Gasteiger charge is 2.20. The summed E-state index contributed by atoms with van der Waals surface area (Å²) in [5, 5.41) is 2.60. The summed E-state index contributed by atoms with van der Waals surface area (Å²) in [5.41, 5.74) is 2.57. The van der Waals surface area contributed by atoms with Crippen LogP contribution in [0.3, 0.4) is 0 Å². The van der Waals surface area contributed by atoms with Crippen molar-refractivity contribution in [3.05, 3.63) is 77.9 Å². The fourth-order valence-electron chi connectivity index (χ4n) is 2.80. The van der Waals surface area contributed by atoms with Gasteiger partial charge in [-0.2, -0.15) is 0 Å². The van der Waals surface area contributed by atoms with E-state index in [1.165, 1.54) is 21.9 Å². The van der Waals surface area contributed by atoms with Crippen molar-refractivity contribution < 1.29 is 0 Å². The van der Waals surface area contributed by atoms with Gasteiger partial charge in [0, 0.05) is 12.4 Å². The number of aromatic nitrogens is 2.